The highest BCUT2D eigenvalue weighted by Crippen LogP contribution is 2.32. The van der Waals surface area contributed by atoms with E-state index in [1.807, 2.05) is 11.0 Å². The fraction of sp³-hybridized carbons (Fsp3) is 0.500. The van der Waals surface area contributed by atoms with Gasteiger partial charge in [-0.05, 0) is 56.3 Å². The zero-order chi connectivity index (χ0) is 25.5. The summed E-state index contributed by atoms with van der Waals surface area (Å²) in [5.74, 6) is -1.21. The molecule has 0 radical (unpaired) electrons. The topological polar surface area (TPSA) is 153 Å². The lowest BCUT2D eigenvalue weighted by Gasteiger charge is -2.29. The smallest absolute Gasteiger partial charge is 0.323 e. The van der Waals surface area contributed by atoms with E-state index in [1.54, 1.807) is 30.3 Å². The highest BCUT2D eigenvalue weighted by molar-refractivity contribution is 7.88. The van der Waals surface area contributed by atoms with Crippen LogP contribution in [0.15, 0.2) is 64.1 Å². The van der Waals surface area contributed by atoms with Crippen LogP contribution in [0.1, 0.15) is 31.2 Å². The molecular weight excluding hydrogens is 484 g/mol. The SMILES string of the molecule is O=C(NCC(NS(=O)(=O)Cc1ccccc1)C(=O)O)C1=C2N=NC(/C=C/C3CCNCC3)N2CCC1. The first-order valence-electron chi connectivity index (χ1n) is 12.2. The number of fused-ring (bicyclic) bond motifs is 1. The number of rotatable bonds is 10. The molecule has 194 valence electrons. The van der Waals surface area contributed by atoms with Crippen LogP contribution in [-0.4, -0.2) is 68.7 Å². The zero-order valence-electron chi connectivity index (χ0n) is 20.0. The number of allylic oxidation sites excluding steroid dienone is 1. The first kappa shape index (κ1) is 26.0. The van der Waals surface area contributed by atoms with Crippen LogP contribution in [0.5, 0.6) is 0 Å². The number of hydrogen-bond donors (Lipinski definition) is 4. The maximum Gasteiger partial charge on any atom is 0.323 e. The normalized spacial score (nSPS) is 21.6. The summed E-state index contributed by atoms with van der Waals surface area (Å²) in [6.45, 7) is 2.33. The van der Waals surface area contributed by atoms with Crippen LogP contribution in [0.25, 0.3) is 0 Å². The quantitative estimate of drug-likeness (QED) is 0.342. The Balaban J connectivity index is 1.37. The molecule has 0 bridgehead atoms. The summed E-state index contributed by atoms with van der Waals surface area (Å²) in [5, 5.41) is 24.0. The lowest BCUT2D eigenvalue weighted by molar-refractivity contribution is -0.138. The monoisotopic (exact) mass is 516 g/mol. The van der Waals surface area contributed by atoms with E-state index < -0.39 is 34.5 Å². The minimum Gasteiger partial charge on any atom is -0.480 e. The molecule has 0 saturated carbocycles. The van der Waals surface area contributed by atoms with Crippen molar-refractivity contribution in [3.05, 3.63) is 59.4 Å². The van der Waals surface area contributed by atoms with Crippen LogP contribution < -0.4 is 15.4 Å². The molecule has 4 N–H and O–H groups in total. The van der Waals surface area contributed by atoms with Gasteiger partial charge >= 0.3 is 5.97 Å². The molecule has 2 atom stereocenters. The van der Waals surface area contributed by atoms with Crippen molar-refractivity contribution in [2.45, 2.75) is 43.6 Å². The number of benzene rings is 1. The Bertz CT molecular complexity index is 1140. The number of nitrogens with one attached hydrogen (secondary N) is 3. The maximum absolute atomic E-state index is 12.9. The molecule has 3 aliphatic heterocycles. The molecular formula is C24H32N6O5S. The summed E-state index contributed by atoms with van der Waals surface area (Å²) in [6.07, 6.45) is 7.35. The predicted octanol–water partition coefficient (Wildman–Crippen LogP) is 1.33. The molecule has 1 fully saturated rings. The average molecular weight is 517 g/mol. The van der Waals surface area contributed by atoms with Crippen molar-refractivity contribution in [3.63, 3.8) is 0 Å². The molecule has 1 aromatic carbocycles. The van der Waals surface area contributed by atoms with Crippen molar-refractivity contribution in [1.82, 2.24) is 20.3 Å². The van der Waals surface area contributed by atoms with Gasteiger partial charge in [-0.25, -0.2) is 8.42 Å². The van der Waals surface area contributed by atoms with Crippen molar-refractivity contribution in [2.24, 2.45) is 16.1 Å². The number of aliphatic carboxylic acids is 1. The summed E-state index contributed by atoms with van der Waals surface area (Å²) in [7, 11) is -3.94. The van der Waals surface area contributed by atoms with Gasteiger partial charge in [0.05, 0.1) is 11.3 Å². The van der Waals surface area contributed by atoms with Crippen LogP contribution in [0.4, 0.5) is 0 Å². The van der Waals surface area contributed by atoms with E-state index in [2.05, 4.69) is 31.7 Å². The number of carboxylic acid groups (broad SMARTS) is 1. The highest BCUT2D eigenvalue weighted by Gasteiger charge is 2.33. The van der Waals surface area contributed by atoms with Crippen LogP contribution in [-0.2, 0) is 25.4 Å². The molecule has 36 heavy (non-hydrogen) atoms. The van der Waals surface area contributed by atoms with Crippen LogP contribution in [0.2, 0.25) is 0 Å². The molecule has 0 spiro atoms. The Morgan fingerprint density at radius 2 is 1.94 bits per heavy atom. The molecule has 1 aromatic rings. The zero-order valence-corrected chi connectivity index (χ0v) is 20.8. The van der Waals surface area contributed by atoms with Crippen molar-refractivity contribution < 1.29 is 23.1 Å². The number of nitrogens with zero attached hydrogens (tertiary/aromatic N) is 3. The number of azo groups is 1. The molecule has 1 amide bonds. The van der Waals surface area contributed by atoms with Crippen LogP contribution in [0.3, 0.4) is 0 Å². The lowest BCUT2D eigenvalue weighted by atomic mass is 9.97. The third-order valence-corrected chi connectivity index (χ3v) is 7.81. The summed E-state index contributed by atoms with van der Waals surface area (Å²) in [6, 6.07) is 6.96. The molecule has 11 nitrogen and oxygen atoms in total. The Labute approximate surface area is 210 Å². The fourth-order valence-corrected chi connectivity index (χ4v) is 5.88. The van der Waals surface area contributed by atoms with Crippen LogP contribution in [0, 0.1) is 5.92 Å². The molecule has 4 rings (SSSR count). The van der Waals surface area contributed by atoms with Gasteiger partial charge in [0.15, 0.2) is 12.0 Å². The number of carbonyl (C=O) groups is 2. The van der Waals surface area contributed by atoms with Gasteiger partial charge in [0.25, 0.3) is 5.91 Å². The van der Waals surface area contributed by atoms with E-state index in [0.717, 1.165) is 38.9 Å². The standard InChI is InChI=1S/C24H32N6O5S/c31-23(26-15-20(24(32)33)29-36(34,35)16-18-5-2-1-3-6-18)19-7-4-14-30-21(27-28-22(19)30)9-8-17-10-12-25-13-11-17/h1-3,5-6,8-9,17,20-21,25,29H,4,7,10-16H2,(H,26,31)(H,32,33)/b9-8+. The lowest BCUT2D eigenvalue weighted by Crippen LogP contribution is -2.49. The first-order valence-corrected chi connectivity index (χ1v) is 13.8. The molecule has 2 unspecified atom stereocenters. The fourth-order valence-electron chi connectivity index (χ4n) is 4.55. The van der Waals surface area contributed by atoms with E-state index >= 15 is 0 Å². The Morgan fingerprint density at radius 3 is 2.67 bits per heavy atom. The van der Waals surface area contributed by atoms with Gasteiger partial charge in [-0.3, -0.25) is 9.59 Å². The Kier molecular flexibility index (Phi) is 8.49. The third kappa shape index (κ3) is 6.77. The van der Waals surface area contributed by atoms with E-state index in [1.165, 1.54) is 0 Å². The van der Waals surface area contributed by atoms with E-state index in [0.29, 0.717) is 29.3 Å². The molecule has 1 saturated heterocycles. The number of piperidine rings is 1. The summed E-state index contributed by atoms with van der Waals surface area (Å²) >= 11 is 0. The van der Waals surface area contributed by atoms with Crippen molar-refractivity contribution >= 4 is 21.9 Å². The number of amides is 1. The summed E-state index contributed by atoms with van der Waals surface area (Å²) < 4.78 is 27.1. The molecule has 0 aromatic heterocycles. The van der Waals surface area contributed by atoms with Crippen LogP contribution >= 0.6 is 0 Å². The number of hydrogen-bond acceptors (Lipinski definition) is 8. The molecule has 3 heterocycles. The summed E-state index contributed by atoms with van der Waals surface area (Å²) in [5.41, 5.74) is 0.960. The second-order valence-corrected chi connectivity index (χ2v) is 10.9. The van der Waals surface area contributed by atoms with Gasteiger partial charge in [-0.15, -0.1) is 5.11 Å². The van der Waals surface area contributed by atoms with Gasteiger partial charge in [-0.1, -0.05) is 36.4 Å². The predicted molar refractivity (Wildman–Crippen MR) is 133 cm³/mol. The van der Waals surface area contributed by atoms with Gasteiger partial charge in [0.1, 0.15) is 6.04 Å². The maximum atomic E-state index is 12.9. The van der Waals surface area contributed by atoms with Gasteiger partial charge in [0, 0.05) is 13.1 Å². The van der Waals surface area contributed by atoms with Gasteiger partial charge < -0.3 is 20.6 Å². The minimum atomic E-state index is -3.94. The van der Waals surface area contributed by atoms with Gasteiger partial charge in [-0.2, -0.15) is 9.84 Å². The van der Waals surface area contributed by atoms with E-state index in [9.17, 15) is 23.1 Å². The molecule has 3 aliphatic rings. The molecule has 12 heteroatoms. The van der Waals surface area contributed by atoms with Crippen molar-refractivity contribution in [2.75, 3.05) is 26.2 Å². The minimum absolute atomic E-state index is 0.255. The van der Waals surface area contributed by atoms with E-state index in [-0.39, 0.29) is 11.9 Å². The Morgan fingerprint density at radius 1 is 1.19 bits per heavy atom. The average Bonchev–Trinajstić information content (AvgIpc) is 3.29. The third-order valence-electron chi connectivity index (χ3n) is 6.46. The highest BCUT2D eigenvalue weighted by atomic mass is 32.2. The second-order valence-electron chi connectivity index (χ2n) is 9.16. The van der Waals surface area contributed by atoms with E-state index in [4.69, 9.17) is 0 Å². The van der Waals surface area contributed by atoms with Crippen molar-refractivity contribution in [1.29, 1.82) is 0 Å². The number of sulfonamides is 1. The number of carboxylic acids is 1. The van der Waals surface area contributed by atoms with Crippen molar-refractivity contribution in [3.8, 4) is 0 Å². The van der Waals surface area contributed by atoms with Gasteiger partial charge in [0.2, 0.25) is 10.0 Å². The summed E-state index contributed by atoms with van der Waals surface area (Å²) in [4.78, 5) is 26.6. The Hall–Kier alpha value is -3.09. The number of carbonyl (C=O) groups excluding carboxylic acids is 1. The molecule has 0 aliphatic carbocycles. The second kappa shape index (κ2) is 11.8. The largest absolute Gasteiger partial charge is 0.480 e. The first-order chi connectivity index (χ1) is 17.3.